The quantitative estimate of drug-likeness (QED) is 0.173. The molecular formula is C30H36IPS2. The van der Waals surface area contributed by atoms with E-state index in [-0.39, 0.29) is 0 Å². The van der Waals surface area contributed by atoms with E-state index < -0.39 is 4.25 Å². The molecule has 0 aromatic heterocycles. The molecule has 0 N–H and O–H groups in total. The molecule has 0 nitrogen and oxygen atoms in total. The van der Waals surface area contributed by atoms with Crippen LogP contribution in [0, 0.1) is 5.92 Å². The van der Waals surface area contributed by atoms with Gasteiger partial charge in [-0.2, -0.15) is 0 Å². The van der Waals surface area contributed by atoms with Gasteiger partial charge in [0, 0.05) is 0 Å². The Morgan fingerprint density at radius 2 is 1.06 bits per heavy atom. The molecule has 0 spiro atoms. The van der Waals surface area contributed by atoms with Crippen LogP contribution in [0.1, 0.15) is 46.0 Å². The molecule has 0 aliphatic heterocycles. The molecule has 1 aliphatic carbocycles. The summed E-state index contributed by atoms with van der Waals surface area (Å²) in [5.41, 5.74) is 0. The van der Waals surface area contributed by atoms with Crippen molar-refractivity contribution in [2.45, 2.75) is 46.0 Å². The summed E-state index contributed by atoms with van der Waals surface area (Å²) in [6, 6.07) is 34.5. The van der Waals surface area contributed by atoms with Gasteiger partial charge < -0.3 is 0 Å². The van der Waals surface area contributed by atoms with Crippen LogP contribution in [0.3, 0.4) is 0 Å². The van der Waals surface area contributed by atoms with E-state index in [4.69, 9.17) is 0 Å². The first-order valence-corrected chi connectivity index (χ1v) is 19.5. The Kier molecular flexibility index (Phi) is 9.29. The van der Waals surface area contributed by atoms with E-state index in [0.29, 0.717) is 5.92 Å². The summed E-state index contributed by atoms with van der Waals surface area (Å²) >= 11 is 7.18. The number of halogens is 1. The summed E-state index contributed by atoms with van der Waals surface area (Å²) in [5.74, 6) is 2.84. The summed E-state index contributed by atoms with van der Waals surface area (Å²) in [4.78, 5) is 0. The van der Waals surface area contributed by atoms with Gasteiger partial charge in [-0.05, 0) is 0 Å². The molecule has 0 heterocycles. The minimum absolute atomic E-state index is 0.622. The van der Waals surface area contributed by atoms with Crippen LogP contribution in [-0.2, 0) is 0 Å². The molecular weight excluding hydrogens is 582 g/mol. The van der Waals surface area contributed by atoms with Gasteiger partial charge in [0.1, 0.15) is 0 Å². The summed E-state index contributed by atoms with van der Waals surface area (Å²) in [7, 11) is 0. The molecule has 0 bridgehead atoms. The Morgan fingerprint density at radius 3 is 1.41 bits per heavy atom. The summed E-state index contributed by atoms with van der Waals surface area (Å²) in [6.45, 7) is 4.63. The number of hydrogen-bond acceptors (Lipinski definition) is 2. The van der Waals surface area contributed by atoms with Crippen molar-refractivity contribution in [3.8, 4) is 0 Å². The third kappa shape index (κ3) is 4.80. The van der Waals surface area contributed by atoms with E-state index in [2.05, 4.69) is 150 Å². The van der Waals surface area contributed by atoms with Crippen LogP contribution in [-0.4, -0.2) is 11.5 Å². The topological polar surface area (TPSA) is 0 Å². The van der Waals surface area contributed by atoms with Crippen molar-refractivity contribution in [2.75, 3.05) is 11.5 Å². The maximum absolute atomic E-state index is 3.01. The molecule has 1 fully saturated rings. The molecule has 1 aliphatic rings. The molecule has 0 unspecified atom stereocenters. The molecule has 0 atom stereocenters. The van der Waals surface area contributed by atoms with Crippen molar-refractivity contribution < 1.29 is 0 Å². The normalized spacial score (nSPS) is 15.9. The Hall–Kier alpha value is -0.740. The second kappa shape index (κ2) is 12.0. The van der Waals surface area contributed by atoms with Gasteiger partial charge in [-0.3, -0.25) is 0 Å². The third-order valence-electron chi connectivity index (χ3n) is 6.93. The molecule has 180 valence electrons. The molecule has 3 aromatic rings. The van der Waals surface area contributed by atoms with E-state index >= 15 is 0 Å². The van der Waals surface area contributed by atoms with E-state index in [1.165, 1.54) is 48.0 Å². The number of thioether (sulfide) groups is 2. The van der Waals surface area contributed by atoms with Crippen LogP contribution < -0.4 is 15.9 Å². The number of benzene rings is 3. The van der Waals surface area contributed by atoms with Crippen LogP contribution in [0.25, 0.3) is 0 Å². The fourth-order valence-electron chi connectivity index (χ4n) is 5.50. The van der Waals surface area contributed by atoms with Crippen LogP contribution >= 0.6 is 49.8 Å². The summed E-state index contributed by atoms with van der Waals surface area (Å²) in [6.07, 6.45) is 6.68. The van der Waals surface area contributed by atoms with Gasteiger partial charge >= 0.3 is 230 Å². The van der Waals surface area contributed by atoms with Gasteiger partial charge in [0.15, 0.2) is 0 Å². The Bertz CT molecular complexity index is 969. The van der Waals surface area contributed by atoms with Gasteiger partial charge in [-0.25, -0.2) is 0 Å². The van der Waals surface area contributed by atoms with Crippen LogP contribution in [0.5, 0.6) is 0 Å². The Labute approximate surface area is 228 Å². The second-order valence-electron chi connectivity index (χ2n) is 8.89. The molecule has 4 heteroatoms. The third-order valence-corrected chi connectivity index (χ3v) is 21.3. The second-order valence-corrected chi connectivity index (χ2v) is 21.5. The molecule has 4 rings (SSSR count). The first kappa shape index (κ1) is 26.3. The Morgan fingerprint density at radius 1 is 0.676 bits per heavy atom. The van der Waals surface area contributed by atoms with Crippen LogP contribution in [0.4, 0.5) is 0 Å². The number of allylic oxidation sites excluding steroid dienone is 1. The molecule has 0 radical (unpaired) electrons. The summed E-state index contributed by atoms with van der Waals surface area (Å²) < 4.78 is -1.42. The average Bonchev–Trinajstić information content (AvgIpc) is 2.91. The van der Waals surface area contributed by atoms with Gasteiger partial charge in [0.2, 0.25) is 0 Å². The van der Waals surface area contributed by atoms with Gasteiger partial charge in [-0.15, -0.1) is 0 Å². The van der Waals surface area contributed by atoms with E-state index in [1.54, 1.807) is 9.55 Å². The molecule has 3 aromatic carbocycles. The van der Waals surface area contributed by atoms with Crippen LogP contribution in [0.15, 0.2) is 101 Å². The van der Waals surface area contributed by atoms with Crippen molar-refractivity contribution in [3.05, 3.63) is 101 Å². The Balaban J connectivity index is 2.22. The maximum atomic E-state index is 3.01. The predicted molar refractivity (Wildman–Crippen MR) is 169 cm³/mol. The number of rotatable bonds is 9. The van der Waals surface area contributed by atoms with Crippen molar-refractivity contribution >= 4 is 65.7 Å². The van der Waals surface area contributed by atoms with Crippen molar-refractivity contribution in [1.29, 1.82) is 0 Å². The standard InChI is InChI=1S/C30H36IPS2/c1-3-33-30(34-4-2)29(25-17-9-5-10-18-25)32(31,26-19-11-6-12-20-26,27-21-13-7-14-22-27)28-23-15-8-16-24-28/h6-8,11-16,19-25H,3-5,9-10,17-18H2,1-2H3. The summed E-state index contributed by atoms with van der Waals surface area (Å²) in [5, 5.41) is 6.20. The van der Waals surface area contributed by atoms with Gasteiger partial charge in [0.05, 0.1) is 0 Å². The molecule has 1 saturated carbocycles. The zero-order chi connectivity index (χ0) is 23.9. The number of hydrogen-bond donors (Lipinski definition) is 0. The zero-order valence-corrected chi connectivity index (χ0v) is 25.0. The molecule has 0 saturated heterocycles. The molecule has 34 heavy (non-hydrogen) atoms. The van der Waals surface area contributed by atoms with E-state index in [9.17, 15) is 0 Å². The minimum atomic E-state index is -3.00. The van der Waals surface area contributed by atoms with Crippen molar-refractivity contribution in [2.24, 2.45) is 5.92 Å². The van der Waals surface area contributed by atoms with Gasteiger partial charge in [0.25, 0.3) is 0 Å². The first-order chi connectivity index (χ1) is 16.6. The SMILES string of the molecule is CCSC(SCC)=C(C1CCCCC1)P(I)(c1ccccc1)(c1ccccc1)c1ccccc1. The predicted octanol–water partition coefficient (Wildman–Crippen LogP) is 9.12. The fraction of sp³-hybridized carbons (Fsp3) is 0.333. The van der Waals surface area contributed by atoms with Crippen LogP contribution in [0.2, 0.25) is 0 Å². The first-order valence-electron chi connectivity index (χ1n) is 12.6. The fourth-order valence-corrected chi connectivity index (χ4v) is 20.2. The van der Waals surface area contributed by atoms with Crippen molar-refractivity contribution in [1.82, 2.24) is 0 Å². The van der Waals surface area contributed by atoms with E-state index in [0.717, 1.165) is 11.5 Å². The van der Waals surface area contributed by atoms with E-state index in [1.807, 2.05) is 0 Å². The van der Waals surface area contributed by atoms with Gasteiger partial charge in [-0.1, -0.05) is 0 Å². The average molecular weight is 619 g/mol. The molecule has 0 amide bonds. The van der Waals surface area contributed by atoms with Crippen molar-refractivity contribution in [3.63, 3.8) is 0 Å². The zero-order valence-electron chi connectivity index (χ0n) is 20.3. The monoisotopic (exact) mass is 618 g/mol.